The van der Waals surface area contributed by atoms with Crippen molar-refractivity contribution in [2.24, 2.45) is 0 Å². The van der Waals surface area contributed by atoms with Crippen molar-refractivity contribution in [1.29, 1.82) is 0 Å². The first-order chi connectivity index (χ1) is 15.1. The van der Waals surface area contributed by atoms with Gasteiger partial charge in [-0.2, -0.15) is 5.10 Å². The summed E-state index contributed by atoms with van der Waals surface area (Å²) in [7, 11) is 0. The van der Waals surface area contributed by atoms with Crippen molar-refractivity contribution in [2.45, 2.75) is 25.6 Å². The van der Waals surface area contributed by atoms with Crippen LogP contribution in [0.15, 0.2) is 60.8 Å². The van der Waals surface area contributed by atoms with Crippen LogP contribution in [0.4, 0.5) is 4.39 Å². The fraction of sp³-hybridized carbons (Fsp3) is 0.261. The van der Waals surface area contributed by atoms with Crippen molar-refractivity contribution in [1.82, 2.24) is 25.7 Å². The smallest absolute Gasteiger partial charge is 0.237 e. The summed E-state index contributed by atoms with van der Waals surface area (Å²) < 4.78 is 13.5. The number of aromatic nitrogens is 2. The Morgan fingerprint density at radius 3 is 2.84 bits per heavy atom. The third-order valence-electron chi connectivity index (χ3n) is 5.35. The summed E-state index contributed by atoms with van der Waals surface area (Å²) in [5.74, 6) is -0.736. The van der Waals surface area contributed by atoms with Crippen molar-refractivity contribution in [2.75, 3.05) is 13.1 Å². The first kappa shape index (κ1) is 20.7. The van der Waals surface area contributed by atoms with E-state index in [2.05, 4.69) is 20.8 Å². The second-order valence-electron chi connectivity index (χ2n) is 7.52. The SMILES string of the molecule is O=C(CC1C(=O)NCCN1Cc1cccc(F)c1)NCc1cn[nH]c1-c1ccccc1. The van der Waals surface area contributed by atoms with Crippen LogP contribution in [-0.4, -0.2) is 46.0 Å². The molecule has 3 aromatic rings. The molecule has 3 N–H and O–H groups in total. The van der Waals surface area contributed by atoms with E-state index in [4.69, 9.17) is 0 Å². The van der Waals surface area contributed by atoms with Crippen molar-refractivity contribution < 1.29 is 14.0 Å². The van der Waals surface area contributed by atoms with Crippen LogP contribution in [0.25, 0.3) is 11.3 Å². The fourth-order valence-corrected chi connectivity index (χ4v) is 3.78. The minimum absolute atomic E-state index is 0.0275. The van der Waals surface area contributed by atoms with Crippen LogP contribution in [0.3, 0.4) is 0 Å². The van der Waals surface area contributed by atoms with E-state index in [1.165, 1.54) is 12.1 Å². The molecule has 1 saturated heterocycles. The minimum Gasteiger partial charge on any atom is -0.353 e. The van der Waals surface area contributed by atoms with Gasteiger partial charge in [0.15, 0.2) is 0 Å². The Hall–Kier alpha value is -3.52. The molecular formula is C23H24FN5O2. The van der Waals surface area contributed by atoms with E-state index >= 15 is 0 Å². The van der Waals surface area contributed by atoms with E-state index in [0.29, 0.717) is 26.2 Å². The zero-order chi connectivity index (χ0) is 21.6. The maximum Gasteiger partial charge on any atom is 0.237 e. The Labute approximate surface area is 179 Å². The van der Waals surface area contributed by atoms with Crippen LogP contribution in [-0.2, 0) is 22.7 Å². The molecule has 0 spiro atoms. The Morgan fingerprint density at radius 2 is 2.03 bits per heavy atom. The predicted molar refractivity (Wildman–Crippen MR) is 114 cm³/mol. The molecule has 1 aliphatic heterocycles. The van der Waals surface area contributed by atoms with Crippen LogP contribution >= 0.6 is 0 Å². The molecule has 2 aromatic carbocycles. The molecule has 0 aliphatic carbocycles. The zero-order valence-electron chi connectivity index (χ0n) is 17.0. The number of amides is 2. The van der Waals surface area contributed by atoms with Gasteiger partial charge >= 0.3 is 0 Å². The van der Waals surface area contributed by atoms with Crippen molar-refractivity contribution in [3.05, 3.63) is 77.7 Å². The Bertz CT molecular complexity index is 1050. The number of hydrogen-bond acceptors (Lipinski definition) is 4. The maximum absolute atomic E-state index is 13.5. The van der Waals surface area contributed by atoms with E-state index in [0.717, 1.165) is 22.4 Å². The molecule has 0 radical (unpaired) electrons. The van der Waals surface area contributed by atoms with Crippen LogP contribution in [0.2, 0.25) is 0 Å². The molecule has 31 heavy (non-hydrogen) atoms. The summed E-state index contributed by atoms with van der Waals surface area (Å²) in [4.78, 5) is 27.0. The normalized spacial score (nSPS) is 16.7. The Balaban J connectivity index is 1.39. The summed E-state index contributed by atoms with van der Waals surface area (Å²) in [6.07, 6.45) is 1.71. The molecule has 0 bridgehead atoms. The predicted octanol–water partition coefficient (Wildman–Crippen LogP) is 2.22. The van der Waals surface area contributed by atoms with Crippen LogP contribution in [0, 0.1) is 5.82 Å². The van der Waals surface area contributed by atoms with Gasteiger partial charge in [-0.3, -0.25) is 19.6 Å². The number of H-pyrrole nitrogens is 1. The number of aromatic amines is 1. The number of halogens is 1. The van der Waals surface area contributed by atoms with Crippen LogP contribution in [0.5, 0.6) is 0 Å². The molecule has 1 fully saturated rings. The molecule has 4 rings (SSSR count). The number of rotatable bonds is 7. The number of nitrogens with one attached hydrogen (secondary N) is 3. The fourth-order valence-electron chi connectivity index (χ4n) is 3.78. The van der Waals surface area contributed by atoms with Gasteiger partial charge < -0.3 is 10.6 Å². The molecule has 8 heteroatoms. The van der Waals surface area contributed by atoms with Gasteiger partial charge in [0.1, 0.15) is 5.82 Å². The van der Waals surface area contributed by atoms with Gasteiger partial charge in [-0.15, -0.1) is 0 Å². The molecule has 160 valence electrons. The Kier molecular flexibility index (Phi) is 6.37. The quantitative estimate of drug-likeness (QED) is 0.546. The molecule has 7 nitrogen and oxygen atoms in total. The monoisotopic (exact) mass is 421 g/mol. The van der Waals surface area contributed by atoms with Gasteiger partial charge in [0.05, 0.1) is 24.4 Å². The summed E-state index contributed by atoms with van der Waals surface area (Å²) in [6.45, 7) is 1.81. The summed E-state index contributed by atoms with van der Waals surface area (Å²) in [6, 6.07) is 15.4. The second-order valence-corrected chi connectivity index (χ2v) is 7.52. The van der Waals surface area contributed by atoms with Gasteiger partial charge in [-0.05, 0) is 23.3 Å². The van der Waals surface area contributed by atoms with Gasteiger partial charge in [0.2, 0.25) is 11.8 Å². The number of benzene rings is 2. The highest BCUT2D eigenvalue weighted by Gasteiger charge is 2.31. The van der Waals surface area contributed by atoms with E-state index in [-0.39, 0.29) is 24.1 Å². The molecular weight excluding hydrogens is 397 g/mol. The highest BCUT2D eigenvalue weighted by molar-refractivity contribution is 5.88. The first-order valence-electron chi connectivity index (χ1n) is 10.2. The molecule has 1 aliphatic rings. The third kappa shape index (κ3) is 5.16. The second kappa shape index (κ2) is 9.53. The molecule has 1 atom stereocenters. The lowest BCUT2D eigenvalue weighted by Gasteiger charge is -2.34. The maximum atomic E-state index is 13.5. The van der Waals surface area contributed by atoms with Gasteiger partial charge in [0, 0.05) is 31.7 Å². The van der Waals surface area contributed by atoms with Crippen LogP contribution in [0.1, 0.15) is 17.5 Å². The Morgan fingerprint density at radius 1 is 1.19 bits per heavy atom. The van der Waals surface area contributed by atoms with Gasteiger partial charge in [-0.1, -0.05) is 42.5 Å². The number of carbonyl (C=O) groups excluding carboxylic acids is 2. The van der Waals surface area contributed by atoms with Gasteiger partial charge in [-0.25, -0.2) is 4.39 Å². The number of piperazine rings is 1. The molecule has 2 heterocycles. The highest BCUT2D eigenvalue weighted by atomic mass is 19.1. The first-order valence-corrected chi connectivity index (χ1v) is 10.2. The molecule has 1 aromatic heterocycles. The lowest BCUT2D eigenvalue weighted by atomic mass is 10.1. The average Bonchev–Trinajstić information content (AvgIpc) is 3.24. The van der Waals surface area contributed by atoms with Crippen molar-refractivity contribution >= 4 is 11.8 Å². The number of nitrogens with zero attached hydrogens (tertiary/aromatic N) is 2. The van der Waals surface area contributed by atoms with E-state index in [9.17, 15) is 14.0 Å². The lowest BCUT2D eigenvalue weighted by molar-refractivity contribution is -0.134. The van der Waals surface area contributed by atoms with Crippen molar-refractivity contribution in [3.8, 4) is 11.3 Å². The molecule has 2 amide bonds. The largest absolute Gasteiger partial charge is 0.353 e. The zero-order valence-corrected chi connectivity index (χ0v) is 17.0. The topological polar surface area (TPSA) is 90.1 Å². The van der Waals surface area contributed by atoms with E-state index in [1.807, 2.05) is 41.3 Å². The summed E-state index contributed by atoms with van der Waals surface area (Å²) in [5, 5.41) is 12.8. The molecule has 1 unspecified atom stereocenters. The highest BCUT2D eigenvalue weighted by Crippen LogP contribution is 2.20. The standard InChI is InChI=1S/C23H24FN5O2/c24-19-8-4-5-16(11-19)15-29-10-9-25-23(31)20(29)12-21(30)26-13-18-14-27-28-22(18)17-6-2-1-3-7-17/h1-8,11,14,20H,9-10,12-13,15H2,(H,25,31)(H,26,30)(H,27,28). The summed E-state index contributed by atoms with van der Waals surface area (Å²) in [5.41, 5.74) is 3.47. The summed E-state index contributed by atoms with van der Waals surface area (Å²) >= 11 is 0. The van der Waals surface area contributed by atoms with E-state index in [1.54, 1.807) is 12.3 Å². The van der Waals surface area contributed by atoms with E-state index < -0.39 is 6.04 Å². The number of carbonyl (C=O) groups is 2. The minimum atomic E-state index is -0.602. The lowest BCUT2D eigenvalue weighted by Crippen LogP contribution is -2.56. The third-order valence-corrected chi connectivity index (χ3v) is 5.35. The van der Waals surface area contributed by atoms with Crippen LogP contribution < -0.4 is 10.6 Å². The van der Waals surface area contributed by atoms with Gasteiger partial charge in [0.25, 0.3) is 0 Å². The molecule has 0 saturated carbocycles. The average molecular weight is 421 g/mol. The number of hydrogen-bond donors (Lipinski definition) is 3. The van der Waals surface area contributed by atoms with Crippen molar-refractivity contribution in [3.63, 3.8) is 0 Å².